The third-order valence-corrected chi connectivity index (χ3v) is 11.0. The molecule has 0 spiro atoms. The molecule has 43 heavy (non-hydrogen) atoms. The minimum atomic E-state index is -3.80. The van der Waals surface area contributed by atoms with Gasteiger partial charge >= 0.3 is 0 Å². The average molecular weight is 628 g/mol. The van der Waals surface area contributed by atoms with Crippen LogP contribution in [0, 0.1) is 17.8 Å². The minimum Gasteiger partial charge on any atom is -0.350 e. The zero-order chi connectivity index (χ0) is 31.2. The summed E-state index contributed by atoms with van der Waals surface area (Å²) in [5.74, 6) is 1.71. The van der Waals surface area contributed by atoms with E-state index in [0.29, 0.717) is 17.1 Å². The van der Waals surface area contributed by atoms with Crippen molar-refractivity contribution in [2.24, 2.45) is 17.8 Å². The van der Waals surface area contributed by atoms with E-state index in [0.717, 1.165) is 29.6 Å². The van der Waals surface area contributed by atoms with Gasteiger partial charge in [-0.3, -0.25) is 13.9 Å². The van der Waals surface area contributed by atoms with Crippen molar-refractivity contribution in [2.45, 2.75) is 96.2 Å². The van der Waals surface area contributed by atoms with Gasteiger partial charge in [0.1, 0.15) is 12.6 Å². The lowest BCUT2D eigenvalue weighted by Crippen LogP contribution is -2.55. The Kier molecular flexibility index (Phi) is 8.94. The van der Waals surface area contributed by atoms with Crippen molar-refractivity contribution < 1.29 is 18.0 Å². The molecule has 1 atom stereocenters. The molecule has 6 rings (SSSR count). The van der Waals surface area contributed by atoms with Gasteiger partial charge in [-0.15, -0.1) is 0 Å². The van der Waals surface area contributed by atoms with E-state index in [4.69, 9.17) is 11.6 Å². The third kappa shape index (κ3) is 7.22. The number of halogens is 1. The number of carbonyl (C=O) groups excluding carboxylic acids is 2. The summed E-state index contributed by atoms with van der Waals surface area (Å²) in [6.45, 7) is 7.27. The molecule has 0 heterocycles. The summed E-state index contributed by atoms with van der Waals surface area (Å²) in [5.41, 5.74) is 2.26. The highest BCUT2D eigenvalue weighted by Crippen LogP contribution is 2.60. The number of hydrogen-bond acceptors (Lipinski definition) is 4. The fraction of sp³-hybridized carbons (Fsp3) is 0.588. The normalized spacial score (nSPS) is 25.3. The summed E-state index contributed by atoms with van der Waals surface area (Å²) in [7, 11) is -3.80. The average Bonchev–Trinajstić information content (AvgIpc) is 2.90. The summed E-state index contributed by atoms with van der Waals surface area (Å²) in [6.07, 6.45) is 9.26. The van der Waals surface area contributed by atoms with Gasteiger partial charge in [-0.2, -0.15) is 0 Å². The highest BCUT2D eigenvalue weighted by molar-refractivity contribution is 7.92. The first-order valence-electron chi connectivity index (χ1n) is 15.6. The van der Waals surface area contributed by atoms with Gasteiger partial charge in [0.15, 0.2) is 0 Å². The molecular weight excluding hydrogens is 582 g/mol. The van der Waals surface area contributed by atoms with Crippen molar-refractivity contribution in [1.29, 1.82) is 0 Å². The highest BCUT2D eigenvalue weighted by atomic mass is 35.5. The molecule has 0 radical (unpaired) electrons. The van der Waals surface area contributed by atoms with Crippen molar-refractivity contribution >= 4 is 39.1 Å². The lowest BCUT2D eigenvalue weighted by atomic mass is 9.48. The van der Waals surface area contributed by atoms with E-state index in [-0.39, 0.29) is 17.9 Å². The Morgan fingerprint density at radius 1 is 0.953 bits per heavy atom. The van der Waals surface area contributed by atoms with Gasteiger partial charge in [-0.25, -0.2) is 8.42 Å². The Bertz CT molecular complexity index is 1400. The van der Waals surface area contributed by atoms with E-state index in [9.17, 15) is 18.0 Å². The number of carbonyl (C=O) groups is 2. The Balaban J connectivity index is 1.41. The van der Waals surface area contributed by atoms with Crippen LogP contribution in [-0.2, 0) is 31.6 Å². The number of hydrogen-bond donors (Lipinski definition) is 1. The lowest BCUT2D eigenvalue weighted by Gasteiger charge is -2.57. The fourth-order valence-corrected chi connectivity index (χ4v) is 9.19. The van der Waals surface area contributed by atoms with Crippen LogP contribution in [0.4, 0.5) is 5.69 Å². The molecule has 4 aliphatic carbocycles. The van der Waals surface area contributed by atoms with Gasteiger partial charge in [0.05, 0.1) is 11.9 Å². The van der Waals surface area contributed by atoms with Crippen LogP contribution in [-0.4, -0.2) is 49.5 Å². The largest absolute Gasteiger partial charge is 0.350 e. The van der Waals surface area contributed by atoms with Crippen LogP contribution in [0.1, 0.15) is 83.8 Å². The first-order chi connectivity index (χ1) is 20.2. The van der Waals surface area contributed by atoms with Crippen molar-refractivity contribution in [1.82, 2.24) is 10.2 Å². The number of sulfonamides is 1. The Labute approximate surface area is 262 Å². The molecule has 0 saturated heterocycles. The molecule has 1 N–H and O–H groups in total. The van der Waals surface area contributed by atoms with Crippen LogP contribution in [0.3, 0.4) is 0 Å². The van der Waals surface area contributed by atoms with Crippen LogP contribution in [0.2, 0.25) is 5.02 Å². The van der Waals surface area contributed by atoms with E-state index in [1.165, 1.54) is 53.3 Å². The predicted octanol–water partition coefficient (Wildman–Crippen LogP) is 6.30. The Morgan fingerprint density at radius 3 is 1.95 bits per heavy atom. The highest BCUT2D eigenvalue weighted by Gasteiger charge is 2.51. The summed E-state index contributed by atoms with van der Waals surface area (Å²) in [4.78, 5) is 28.9. The van der Waals surface area contributed by atoms with E-state index < -0.39 is 34.1 Å². The number of nitrogens with zero attached hydrogens (tertiary/aromatic N) is 2. The molecule has 4 fully saturated rings. The van der Waals surface area contributed by atoms with E-state index in [1.54, 1.807) is 12.1 Å². The van der Waals surface area contributed by atoms with Crippen LogP contribution in [0.15, 0.2) is 48.5 Å². The Morgan fingerprint density at radius 2 is 1.49 bits per heavy atom. The SMILES string of the molecule is CC[C@@H](C(=O)NC(C)(C)C)N(Cc1ccc(Cl)cc1)C(=O)CN(c1ccc(C23CC4CC(CC(C4)C2)C3)cc1)S(C)(=O)=O. The molecule has 0 unspecified atom stereocenters. The van der Waals surface area contributed by atoms with Gasteiger partial charge in [0.25, 0.3) is 0 Å². The molecule has 2 amide bonds. The summed E-state index contributed by atoms with van der Waals surface area (Å²) in [6, 6.07) is 14.2. The van der Waals surface area contributed by atoms with E-state index in [1.807, 2.05) is 52.0 Å². The van der Waals surface area contributed by atoms with Gasteiger partial charge in [0, 0.05) is 17.1 Å². The molecule has 234 valence electrons. The number of benzene rings is 2. The molecule has 7 nitrogen and oxygen atoms in total. The standard InChI is InChI=1S/C34H46ClN3O4S/c1-6-30(32(40)36-33(2,3)4)37(21-23-7-11-28(35)12-8-23)31(39)22-38(43(5,41)42)29-13-9-27(10-14-29)34-18-24-15-25(19-34)17-26(16-24)20-34/h7-14,24-26,30H,6,15-22H2,1-5H3,(H,36,40)/t24?,25?,26?,30-,34?/m0/s1. The van der Waals surface area contributed by atoms with Gasteiger partial charge in [-0.05, 0) is 124 Å². The van der Waals surface area contributed by atoms with Gasteiger partial charge in [-0.1, -0.05) is 42.8 Å². The monoisotopic (exact) mass is 627 g/mol. The topological polar surface area (TPSA) is 86.8 Å². The number of amides is 2. The summed E-state index contributed by atoms with van der Waals surface area (Å²) in [5, 5.41) is 3.56. The molecule has 0 aliphatic heterocycles. The molecule has 4 bridgehead atoms. The molecule has 2 aromatic carbocycles. The molecule has 4 saturated carbocycles. The van der Waals surface area contributed by atoms with Gasteiger partial charge in [0.2, 0.25) is 21.8 Å². The fourth-order valence-electron chi connectivity index (χ4n) is 8.22. The second-order valence-corrected chi connectivity index (χ2v) is 16.7. The number of rotatable bonds is 10. The molecule has 4 aliphatic rings. The second-order valence-electron chi connectivity index (χ2n) is 14.3. The summed E-state index contributed by atoms with van der Waals surface area (Å²) >= 11 is 6.09. The van der Waals surface area contributed by atoms with Crippen molar-refractivity contribution in [3.05, 3.63) is 64.7 Å². The van der Waals surface area contributed by atoms with Crippen LogP contribution in [0.25, 0.3) is 0 Å². The molecule has 2 aromatic rings. The van der Waals surface area contributed by atoms with E-state index >= 15 is 0 Å². The predicted molar refractivity (Wildman–Crippen MR) is 172 cm³/mol. The summed E-state index contributed by atoms with van der Waals surface area (Å²) < 4.78 is 27.4. The maximum absolute atomic E-state index is 14.0. The van der Waals surface area contributed by atoms with E-state index in [2.05, 4.69) is 17.4 Å². The molecular formula is C34H46ClN3O4S. The van der Waals surface area contributed by atoms with Crippen molar-refractivity contribution in [3.63, 3.8) is 0 Å². The zero-order valence-electron chi connectivity index (χ0n) is 26.1. The van der Waals surface area contributed by atoms with Crippen LogP contribution in [0.5, 0.6) is 0 Å². The quantitative estimate of drug-likeness (QED) is 0.335. The maximum Gasteiger partial charge on any atom is 0.244 e. The first kappa shape index (κ1) is 31.8. The van der Waals surface area contributed by atoms with Gasteiger partial charge < -0.3 is 10.2 Å². The molecule has 9 heteroatoms. The third-order valence-electron chi connectivity index (χ3n) is 9.64. The van der Waals surface area contributed by atoms with Crippen LogP contribution >= 0.6 is 11.6 Å². The maximum atomic E-state index is 14.0. The minimum absolute atomic E-state index is 0.147. The van der Waals surface area contributed by atoms with Crippen molar-refractivity contribution in [2.75, 3.05) is 17.1 Å². The lowest BCUT2D eigenvalue weighted by molar-refractivity contribution is -0.141. The first-order valence-corrected chi connectivity index (χ1v) is 17.8. The Hall–Kier alpha value is -2.58. The number of anilines is 1. The number of nitrogens with one attached hydrogen (secondary N) is 1. The zero-order valence-corrected chi connectivity index (χ0v) is 27.7. The smallest absolute Gasteiger partial charge is 0.244 e. The van der Waals surface area contributed by atoms with Crippen molar-refractivity contribution in [3.8, 4) is 0 Å². The molecule has 0 aromatic heterocycles. The second kappa shape index (κ2) is 12.1. The van der Waals surface area contributed by atoms with Crippen LogP contribution < -0.4 is 9.62 Å².